The highest BCUT2D eigenvalue weighted by molar-refractivity contribution is 7.80. The van der Waals surface area contributed by atoms with Gasteiger partial charge in [0.15, 0.2) is 6.34 Å². The van der Waals surface area contributed by atoms with E-state index < -0.39 is 20.8 Å². The zero-order chi connectivity index (χ0) is 19.9. The van der Waals surface area contributed by atoms with Crippen molar-refractivity contribution < 1.29 is 44.9 Å². The summed E-state index contributed by atoms with van der Waals surface area (Å²) in [7, 11) is -7.79. The summed E-state index contributed by atoms with van der Waals surface area (Å²) in [6, 6.07) is 0. The summed E-state index contributed by atoms with van der Waals surface area (Å²) in [6.07, 6.45) is 14.2. The van der Waals surface area contributed by atoms with Gasteiger partial charge in [-0.3, -0.25) is 14.4 Å². The molecular weight excluding hydrogens is 380 g/mol. The lowest BCUT2D eigenvalue weighted by molar-refractivity contribution is -0.671. The summed E-state index contributed by atoms with van der Waals surface area (Å²) in [6.45, 7) is 3.36. The molecule has 0 fully saturated rings. The Kier molecular flexibility index (Phi) is 13.9. The molecule has 1 aromatic heterocycles. The first kappa shape index (κ1) is 25.6. The molecule has 2 rings (SSSR count). The molecule has 0 aromatic carbocycles. The van der Waals surface area contributed by atoms with Crippen molar-refractivity contribution >= 4 is 27.1 Å². The molecule has 1 aliphatic rings. The first-order valence-electron chi connectivity index (χ1n) is 6.72. The number of hydrogen-bond acceptors (Lipinski definition) is 7. The minimum absolute atomic E-state index is 1.15. The minimum atomic E-state index is -4.92. The van der Waals surface area contributed by atoms with Gasteiger partial charge >= 0.3 is 0 Å². The molecule has 0 spiro atoms. The van der Waals surface area contributed by atoms with E-state index >= 15 is 0 Å². The number of aromatic nitrogens is 2. The normalized spacial score (nSPS) is 12.2. The third kappa shape index (κ3) is 34.6. The predicted molar refractivity (Wildman–Crippen MR) is 84.7 cm³/mol. The number of rotatable bonds is 3. The maximum absolute atomic E-state index is 8.63. The van der Waals surface area contributed by atoms with Crippen molar-refractivity contribution in [2.45, 2.75) is 26.3 Å². The Morgan fingerprint density at radius 3 is 1.96 bits per heavy atom. The number of aliphatic imine (C=N–C) groups is 1. The van der Waals surface area contributed by atoms with E-state index in [2.05, 4.69) is 39.8 Å². The van der Waals surface area contributed by atoms with Gasteiger partial charge in [-0.15, -0.1) is 0 Å². The highest BCUT2D eigenvalue weighted by Gasteiger charge is 1.96. The van der Waals surface area contributed by atoms with Gasteiger partial charge in [0.1, 0.15) is 18.6 Å². The third-order valence-corrected chi connectivity index (χ3v) is 2.05. The van der Waals surface area contributed by atoms with Crippen molar-refractivity contribution in [3.05, 3.63) is 31.1 Å². The third-order valence-electron chi connectivity index (χ3n) is 2.05. The fourth-order valence-electron chi connectivity index (χ4n) is 1.22. The quantitative estimate of drug-likeness (QED) is 0.299. The molecule has 0 bridgehead atoms. The Hall–Kier alpha value is -1.68. The van der Waals surface area contributed by atoms with Crippen molar-refractivity contribution in [2.24, 2.45) is 12.0 Å². The number of aryl methyl sites for hydroxylation is 2. The smallest absolute Gasteiger partial charge is 0.243 e. The molecule has 0 radical (unpaired) electrons. The first-order chi connectivity index (χ1) is 11.3. The average molecular weight is 402 g/mol. The van der Waals surface area contributed by atoms with Crippen LogP contribution in [0, 0.1) is 0 Å². The van der Waals surface area contributed by atoms with Gasteiger partial charge in [-0.25, -0.2) is 31.0 Å². The molecule has 1 aromatic rings. The lowest BCUT2D eigenvalue weighted by atomic mass is 10.3. The SMILES string of the molecule is C1=C[NH2+]C=N1.CCCCn1cc[n+](C)c1.O=S(=O)([O-])O.O=S(=O)([O-])O. The maximum atomic E-state index is 8.63. The van der Waals surface area contributed by atoms with Gasteiger partial charge in [0, 0.05) is 0 Å². The van der Waals surface area contributed by atoms with E-state index in [1.54, 1.807) is 12.5 Å². The van der Waals surface area contributed by atoms with E-state index in [1.165, 1.54) is 12.8 Å². The molecule has 0 atom stereocenters. The Bertz CT molecular complexity index is 669. The number of quaternary nitrogens is 1. The van der Waals surface area contributed by atoms with E-state index in [0.29, 0.717) is 0 Å². The standard InChI is InChI=1S/C8H15N2.C3H4N2.2H2O4S/c1-3-4-5-10-7-6-9(2)8-10;1-2-5-3-4-1;2*1-5(2,3)4/h6-8H,3-5H2,1-2H3;1-3H,(H,4,5);2*(H2,1,2,3,4)/q+1;;;/p-1. The van der Waals surface area contributed by atoms with Crippen LogP contribution in [0.4, 0.5) is 0 Å². The Morgan fingerprint density at radius 1 is 1.20 bits per heavy atom. The van der Waals surface area contributed by atoms with Crippen molar-refractivity contribution in [1.29, 1.82) is 0 Å². The molecule has 14 heteroatoms. The van der Waals surface area contributed by atoms with Crippen LogP contribution in [0.3, 0.4) is 0 Å². The molecule has 146 valence electrons. The molecule has 0 saturated carbocycles. The summed E-state index contributed by atoms with van der Waals surface area (Å²) >= 11 is 0. The summed E-state index contributed by atoms with van der Waals surface area (Å²) in [5.74, 6) is 0. The van der Waals surface area contributed by atoms with Gasteiger partial charge in [-0.05, 0) is 6.42 Å². The lowest BCUT2D eigenvalue weighted by Gasteiger charge is -1.90. The van der Waals surface area contributed by atoms with Crippen LogP contribution < -0.4 is 9.88 Å². The Morgan fingerprint density at radius 2 is 1.72 bits per heavy atom. The molecule has 25 heavy (non-hydrogen) atoms. The van der Waals surface area contributed by atoms with Gasteiger partial charge in [0.2, 0.25) is 27.1 Å². The summed E-state index contributed by atoms with van der Waals surface area (Å²) in [5.41, 5.74) is 0. The minimum Gasteiger partial charge on any atom is -0.726 e. The molecule has 2 heterocycles. The van der Waals surface area contributed by atoms with E-state index in [1.807, 2.05) is 18.6 Å². The number of nitrogens with zero attached hydrogens (tertiary/aromatic N) is 3. The molecular formula is C11H22N4O8S2. The van der Waals surface area contributed by atoms with Crippen molar-refractivity contribution in [2.75, 3.05) is 0 Å². The topological polar surface area (TPSA) is 193 Å². The van der Waals surface area contributed by atoms with Gasteiger partial charge in [0.05, 0.1) is 19.8 Å². The highest BCUT2D eigenvalue weighted by atomic mass is 32.3. The maximum Gasteiger partial charge on any atom is 0.243 e. The zero-order valence-corrected chi connectivity index (χ0v) is 15.3. The van der Waals surface area contributed by atoms with Crippen LogP contribution in [0.1, 0.15) is 19.8 Å². The van der Waals surface area contributed by atoms with E-state index in [-0.39, 0.29) is 0 Å². The van der Waals surface area contributed by atoms with Crippen molar-refractivity contribution in [3.8, 4) is 0 Å². The Labute approximate surface area is 146 Å². The molecule has 4 N–H and O–H groups in total. The highest BCUT2D eigenvalue weighted by Crippen LogP contribution is 1.91. The summed E-state index contributed by atoms with van der Waals surface area (Å²) in [5, 5.41) is 1.89. The number of imidazole rings is 1. The monoisotopic (exact) mass is 402 g/mol. The van der Waals surface area contributed by atoms with E-state index in [9.17, 15) is 0 Å². The van der Waals surface area contributed by atoms with Crippen LogP contribution in [-0.4, -0.2) is 46.0 Å². The Balaban J connectivity index is 0. The second-order valence-corrected chi connectivity index (χ2v) is 6.07. The lowest BCUT2D eigenvalue weighted by Crippen LogP contribution is -2.74. The number of unbranched alkanes of at least 4 members (excludes halogenated alkanes) is 1. The first-order valence-corrected chi connectivity index (χ1v) is 9.45. The summed E-state index contributed by atoms with van der Waals surface area (Å²) < 4.78 is 69.9. The van der Waals surface area contributed by atoms with E-state index in [0.717, 1.165) is 6.54 Å². The van der Waals surface area contributed by atoms with Gasteiger partial charge in [-0.1, -0.05) is 13.3 Å². The zero-order valence-electron chi connectivity index (χ0n) is 13.7. The van der Waals surface area contributed by atoms with Crippen molar-refractivity contribution in [1.82, 2.24) is 4.57 Å². The molecule has 0 unspecified atom stereocenters. The van der Waals surface area contributed by atoms with Crippen molar-refractivity contribution in [3.63, 3.8) is 0 Å². The second-order valence-electron chi connectivity index (χ2n) is 4.36. The molecule has 0 aliphatic carbocycles. The average Bonchev–Trinajstić information content (AvgIpc) is 3.06. The molecule has 1 aliphatic heterocycles. The number of nitrogens with two attached hydrogens (primary N) is 1. The molecule has 0 amide bonds. The van der Waals surface area contributed by atoms with Gasteiger partial charge in [-0.2, -0.15) is 0 Å². The fraction of sp³-hybridized carbons (Fsp3) is 0.455. The molecule has 12 nitrogen and oxygen atoms in total. The van der Waals surface area contributed by atoms with Crippen LogP contribution in [0.2, 0.25) is 0 Å². The molecule has 0 saturated heterocycles. The fourth-order valence-corrected chi connectivity index (χ4v) is 1.22. The largest absolute Gasteiger partial charge is 0.726 e. The van der Waals surface area contributed by atoms with Crippen LogP contribution in [-0.2, 0) is 34.4 Å². The van der Waals surface area contributed by atoms with Gasteiger partial charge in [0.25, 0.3) is 0 Å². The van der Waals surface area contributed by atoms with Crippen LogP contribution in [0.15, 0.2) is 36.1 Å². The van der Waals surface area contributed by atoms with E-state index in [4.69, 9.17) is 35.0 Å². The number of hydrogen-bond donors (Lipinski definition) is 3. The van der Waals surface area contributed by atoms with Crippen LogP contribution in [0.25, 0.3) is 0 Å². The summed E-state index contributed by atoms with van der Waals surface area (Å²) in [4.78, 5) is 3.72. The predicted octanol–water partition coefficient (Wildman–Crippen LogP) is -1.82. The van der Waals surface area contributed by atoms with Crippen LogP contribution >= 0.6 is 0 Å². The second kappa shape index (κ2) is 13.6. The van der Waals surface area contributed by atoms with Crippen LogP contribution in [0.5, 0.6) is 0 Å². The van der Waals surface area contributed by atoms with Gasteiger partial charge < -0.3 is 9.11 Å².